The Hall–Kier alpha value is -0.730. The Bertz CT molecular complexity index is 53.8. The van der Waals surface area contributed by atoms with Gasteiger partial charge in [-0.1, -0.05) is 0 Å². The smallest absolute Gasteiger partial charge is 0.146 e. The molecule has 1 N–H and O–H groups in total. The van der Waals surface area contributed by atoms with Gasteiger partial charge in [0.15, 0.2) is 0 Å². The highest BCUT2D eigenvalue weighted by Crippen LogP contribution is 1.76. The highest BCUT2D eigenvalue weighted by Gasteiger charge is 1.87. The average Bonchev–Trinajstić information content (AvgIpc) is 1.65. The van der Waals surface area contributed by atoms with Crippen molar-refractivity contribution in [2.45, 2.75) is 13.0 Å². The number of carbonyl (C=O) groups excluding carboxylic acids is 1. The summed E-state index contributed by atoms with van der Waals surface area (Å²) in [5.41, 5.74) is 6.20. The van der Waals surface area contributed by atoms with Crippen LogP contribution in [0.1, 0.15) is 6.92 Å². The highest BCUT2D eigenvalue weighted by atomic mass is 16.1. The van der Waals surface area contributed by atoms with Crippen LogP contribution in [0.3, 0.4) is 0 Å². The molecule has 0 heterocycles. The van der Waals surface area contributed by atoms with Crippen molar-refractivity contribution >= 4 is 6.29 Å². The fourth-order valence-corrected chi connectivity index (χ4v) is 0.0304. The van der Waals surface area contributed by atoms with Crippen LogP contribution in [0.2, 0.25) is 0 Å². The number of nitrogens with zero attached hydrogens (tertiary/aromatic N) is 1. The molecule has 0 fully saturated rings. The molecule has 0 saturated heterocycles. The van der Waals surface area contributed by atoms with Gasteiger partial charge in [-0.15, -0.1) is 0 Å². The van der Waals surface area contributed by atoms with E-state index in [4.69, 9.17) is 5.53 Å². The van der Waals surface area contributed by atoms with Crippen molar-refractivity contribution in [2.75, 3.05) is 0 Å². The number of rotatable bonds is 2. The number of hydrogen-bond donors (Lipinski definition) is 1. The Balaban J connectivity index is 3.21. The van der Waals surface area contributed by atoms with Crippen molar-refractivity contribution in [2.24, 2.45) is 5.11 Å². The molecule has 3 nitrogen and oxygen atoms in total. The highest BCUT2D eigenvalue weighted by molar-refractivity contribution is 5.56. The number of hydrogen-bond acceptors (Lipinski definition) is 3. The van der Waals surface area contributed by atoms with Gasteiger partial charge in [-0.2, -0.15) is 5.11 Å². The first-order chi connectivity index (χ1) is 2.81. The number of carbonyl (C=O) groups is 1. The van der Waals surface area contributed by atoms with Crippen LogP contribution >= 0.6 is 0 Å². The lowest BCUT2D eigenvalue weighted by molar-refractivity contribution is -0.108. The van der Waals surface area contributed by atoms with Crippen LogP contribution in [0.4, 0.5) is 0 Å². The minimum absolute atomic E-state index is 0.454. The molecule has 0 aromatic carbocycles. The number of nitrogens with one attached hydrogen (secondary N) is 1. The Morgan fingerprint density at radius 1 is 2.00 bits per heavy atom. The van der Waals surface area contributed by atoms with Crippen molar-refractivity contribution in [1.29, 1.82) is 5.53 Å². The summed E-state index contributed by atoms with van der Waals surface area (Å²) < 4.78 is 0. The molecule has 0 saturated carbocycles. The Morgan fingerprint density at radius 2 is 2.50 bits per heavy atom. The maximum atomic E-state index is 9.52. The van der Waals surface area contributed by atoms with Crippen molar-refractivity contribution < 1.29 is 4.79 Å². The monoisotopic (exact) mass is 86.0 g/mol. The Kier molecular flexibility index (Phi) is 2.20. The van der Waals surface area contributed by atoms with Crippen LogP contribution in [0, 0.1) is 5.53 Å². The largest absolute Gasteiger partial charge is 0.301 e. The minimum atomic E-state index is -0.454. The van der Waals surface area contributed by atoms with Gasteiger partial charge in [0.25, 0.3) is 0 Å². The van der Waals surface area contributed by atoms with Crippen LogP contribution in [0.5, 0.6) is 0 Å². The van der Waals surface area contributed by atoms with Gasteiger partial charge in [0.1, 0.15) is 12.3 Å². The second-order valence-corrected chi connectivity index (χ2v) is 1.01. The zero-order valence-corrected chi connectivity index (χ0v) is 3.51. The predicted molar refractivity (Wildman–Crippen MR) is 20.7 cm³/mol. The molecule has 0 unspecified atom stereocenters. The lowest BCUT2D eigenvalue weighted by Crippen LogP contribution is -1.94. The van der Waals surface area contributed by atoms with Crippen molar-refractivity contribution in [3.8, 4) is 0 Å². The SMILES string of the molecule is C[C@@H](C=O)N=N. The molecule has 0 aromatic heterocycles. The van der Waals surface area contributed by atoms with Gasteiger partial charge >= 0.3 is 0 Å². The summed E-state index contributed by atoms with van der Waals surface area (Å²) in [5, 5.41) is 2.89. The molecule has 0 aliphatic rings. The topological polar surface area (TPSA) is 53.3 Å². The standard InChI is InChI=1S/C3H6N2O/c1-3(2-6)5-4/h2-4H,1H3/t3-/m0/s1. The van der Waals surface area contributed by atoms with E-state index in [9.17, 15) is 4.79 Å². The molecular weight excluding hydrogens is 80.0 g/mol. The van der Waals surface area contributed by atoms with Gasteiger partial charge in [0, 0.05) is 0 Å². The van der Waals surface area contributed by atoms with Gasteiger partial charge < -0.3 is 4.79 Å². The second kappa shape index (κ2) is 2.50. The third kappa shape index (κ3) is 1.58. The molecular formula is C3H6N2O. The lowest BCUT2D eigenvalue weighted by Gasteiger charge is -1.81. The van der Waals surface area contributed by atoms with Gasteiger partial charge in [-0.05, 0) is 6.92 Å². The average molecular weight is 86.1 g/mol. The van der Waals surface area contributed by atoms with Crippen LogP contribution < -0.4 is 0 Å². The molecule has 0 spiro atoms. The molecule has 0 bridgehead atoms. The quantitative estimate of drug-likeness (QED) is 0.388. The fourth-order valence-electron chi connectivity index (χ4n) is 0.0304. The van der Waals surface area contributed by atoms with E-state index in [0.717, 1.165) is 0 Å². The summed E-state index contributed by atoms with van der Waals surface area (Å²) in [7, 11) is 0. The molecule has 0 aromatic rings. The summed E-state index contributed by atoms with van der Waals surface area (Å²) in [4.78, 5) is 9.52. The normalized spacial score (nSPS) is 12.8. The van der Waals surface area contributed by atoms with E-state index in [1.807, 2.05) is 0 Å². The lowest BCUT2D eigenvalue weighted by atomic mass is 10.4. The van der Waals surface area contributed by atoms with E-state index in [0.29, 0.717) is 6.29 Å². The van der Waals surface area contributed by atoms with E-state index in [1.54, 1.807) is 6.92 Å². The summed E-state index contributed by atoms with van der Waals surface area (Å²) in [6, 6.07) is -0.454. The van der Waals surface area contributed by atoms with Crippen LogP contribution in [-0.2, 0) is 4.79 Å². The summed E-state index contributed by atoms with van der Waals surface area (Å²) >= 11 is 0. The molecule has 1 atom stereocenters. The van der Waals surface area contributed by atoms with E-state index < -0.39 is 6.04 Å². The fraction of sp³-hybridized carbons (Fsp3) is 0.667. The third-order valence-corrected chi connectivity index (χ3v) is 0.401. The molecule has 0 rings (SSSR count). The van der Waals surface area contributed by atoms with E-state index in [1.165, 1.54) is 0 Å². The maximum Gasteiger partial charge on any atom is 0.146 e. The molecule has 0 aliphatic carbocycles. The first-order valence-corrected chi connectivity index (χ1v) is 1.63. The first kappa shape index (κ1) is 5.27. The molecule has 3 heteroatoms. The predicted octanol–water partition coefficient (Wildman–Crippen LogP) is 0.605. The minimum Gasteiger partial charge on any atom is -0.301 e. The second-order valence-electron chi connectivity index (χ2n) is 1.01. The van der Waals surface area contributed by atoms with Crippen LogP contribution in [0.15, 0.2) is 5.11 Å². The van der Waals surface area contributed by atoms with Gasteiger partial charge in [-0.25, -0.2) is 5.53 Å². The van der Waals surface area contributed by atoms with E-state index >= 15 is 0 Å². The van der Waals surface area contributed by atoms with Crippen molar-refractivity contribution in [3.63, 3.8) is 0 Å². The van der Waals surface area contributed by atoms with Crippen LogP contribution in [0.25, 0.3) is 0 Å². The number of aldehydes is 1. The summed E-state index contributed by atoms with van der Waals surface area (Å²) in [5.74, 6) is 0. The third-order valence-electron chi connectivity index (χ3n) is 0.401. The Morgan fingerprint density at radius 3 is 2.50 bits per heavy atom. The van der Waals surface area contributed by atoms with E-state index in [2.05, 4.69) is 5.11 Å². The van der Waals surface area contributed by atoms with E-state index in [-0.39, 0.29) is 0 Å². The first-order valence-electron chi connectivity index (χ1n) is 1.63. The summed E-state index contributed by atoms with van der Waals surface area (Å²) in [6.45, 7) is 1.56. The summed E-state index contributed by atoms with van der Waals surface area (Å²) in [6.07, 6.45) is 0.618. The van der Waals surface area contributed by atoms with Gasteiger partial charge in [0.05, 0.1) is 0 Å². The van der Waals surface area contributed by atoms with Gasteiger partial charge in [0.2, 0.25) is 0 Å². The molecule has 0 radical (unpaired) electrons. The molecule has 0 amide bonds. The van der Waals surface area contributed by atoms with Gasteiger partial charge in [-0.3, -0.25) is 0 Å². The van der Waals surface area contributed by atoms with Crippen molar-refractivity contribution in [1.82, 2.24) is 0 Å². The Labute approximate surface area is 35.9 Å². The molecule has 6 heavy (non-hydrogen) atoms. The van der Waals surface area contributed by atoms with Crippen LogP contribution in [-0.4, -0.2) is 12.3 Å². The molecule has 0 aliphatic heterocycles. The zero-order chi connectivity index (χ0) is 4.99. The van der Waals surface area contributed by atoms with Crippen molar-refractivity contribution in [3.05, 3.63) is 0 Å². The molecule has 34 valence electrons. The zero-order valence-electron chi connectivity index (χ0n) is 3.51. The maximum absolute atomic E-state index is 9.52.